The number of nitrogens with one attached hydrogen (secondary N) is 1. The van der Waals surface area contributed by atoms with Gasteiger partial charge >= 0.3 is 0 Å². The van der Waals surface area contributed by atoms with E-state index in [1.807, 2.05) is 18.2 Å². The molecule has 0 saturated carbocycles. The zero-order valence-electron chi connectivity index (χ0n) is 12.2. The summed E-state index contributed by atoms with van der Waals surface area (Å²) in [6.45, 7) is 0.603. The fourth-order valence-corrected chi connectivity index (χ4v) is 2.66. The Morgan fingerprint density at radius 1 is 1.09 bits per heavy atom. The molecule has 23 heavy (non-hydrogen) atoms. The number of benzene rings is 2. The van der Waals surface area contributed by atoms with Crippen LogP contribution in [0.5, 0.6) is 0 Å². The van der Waals surface area contributed by atoms with E-state index in [1.54, 1.807) is 18.3 Å². The highest BCUT2D eigenvalue weighted by molar-refractivity contribution is 7.89. The molecule has 3 N–H and O–H groups in total. The van der Waals surface area contributed by atoms with Gasteiger partial charge in [-0.3, -0.25) is 4.99 Å². The van der Waals surface area contributed by atoms with E-state index in [2.05, 4.69) is 20.4 Å². The van der Waals surface area contributed by atoms with Crippen molar-refractivity contribution in [3.8, 4) is 0 Å². The number of hydrogen-bond donors (Lipinski definition) is 2. The van der Waals surface area contributed by atoms with Gasteiger partial charge in [-0.15, -0.1) is 0 Å². The predicted octanol–water partition coefficient (Wildman–Crippen LogP) is 1.27. The normalized spacial score (nSPS) is 12.2. The number of primary sulfonamides is 1. The first-order valence-corrected chi connectivity index (χ1v) is 8.49. The Kier molecular flexibility index (Phi) is 4.18. The highest BCUT2D eigenvalue weighted by Crippen LogP contribution is 2.10. The minimum Gasteiger partial charge on any atom is -0.292 e. The van der Waals surface area contributed by atoms with Gasteiger partial charge in [0.1, 0.15) is 11.0 Å². The van der Waals surface area contributed by atoms with Crippen molar-refractivity contribution in [3.05, 3.63) is 53.6 Å². The second kappa shape index (κ2) is 6.27. The number of hydrogen-bond acceptors (Lipinski definition) is 5. The molecule has 0 aliphatic rings. The maximum atomic E-state index is 11.2. The van der Waals surface area contributed by atoms with Crippen LogP contribution in [-0.4, -0.2) is 36.6 Å². The topological polar surface area (TPSA) is 114 Å². The van der Waals surface area contributed by atoms with Crippen LogP contribution in [0.2, 0.25) is 0 Å². The predicted molar refractivity (Wildman–Crippen MR) is 87.9 cm³/mol. The molecule has 0 amide bonds. The second-order valence-corrected chi connectivity index (χ2v) is 6.61. The molecule has 3 aromatic rings. The van der Waals surface area contributed by atoms with Crippen LogP contribution in [0.3, 0.4) is 0 Å². The number of H-pyrrole nitrogens is 1. The molecule has 0 atom stereocenters. The summed E-state index contributed by atoms with van der Waals surface area (Å²) < 4.78 is 22.4. The van der Waals surface area contributed by atoms with Gasteiger partial charge in [-0.25, -0.2) is 13.6 Å². The van der Waals surface area contributed by atoms with Crippen LogP contribution in [0.4, 0.5) is 0 Å². The SMILES string of the molecule is NS(=O)(=O)c1ccc(CCN=Cc2ccc3n[nH]nc3c2)cc1. The standard InChI is InChI=1S/C15H15N5O2S/c16-23(21,22)13-4-1-11(2-5-13)7-8-17-10-12-3-6-14-15(9-12)19-20-18-14/h1-6,9-10H,7-8H2,(H2,16,21,22)(H,18,19,20). The van der Waals surface area contributed by atoms with Crippen molar-refractivity contribution in [1.82, 2.24) is 15.4 Å². The molecule has 2 aromatic carbocycles. The van der Waals surface area contributed by atoms with E-state index in [0.717, 1.165) is 22.2 Å². The van der Waals surface area contributed by atoms with Gasteiger partial charge in [-0.1, -0.05) is 18.2 Å². The molecule has 3 rings (SSSR count). The fraction of sp³-hybridized carbons (Fsp3) is 0.133. The third kappa shape index (κ3) is 3.79. The van der Waals surface area contributed by atoms with Gasteiger partial charge in [0, 0.05) is 12.8 Å². The van der Waals surface area contributed by atoms with Crippen LogP contribution in [-0.2, 0) is 16.4 Å². The summed E-state index contributed by atoms with van der Waals surface area (Å²) in [5, 5.41) is 15.6. The van der Waals surface area contributed by atoms with Crippen LogP contribution in [0, 0.1) is 0 Å². The lowest BCUT2D eigenvalue weighted by Gasteiger charge is -2.01. The Labute approximate surface area is 133 Å². The molecule has 0 bridgehead atoms. The van der Waals surface area contributed by atoms with Gasteiger partial charge in [-0.05, 0) is 41.8 Å². The van der Waals surface area contributed by atoms with Crippen molar-refractivity contribution in [2.24, 2.45) is 10.1 Å². The van der Waals surface area contributed by atoms with Gasteiger partial charge in [-0.2, -0.15) is 15.4 Å². The number of nitrogens with zero attached hydrogens (tertiary/aromatic N) is 3. The molecule has 7 nitrogen and oxygen atoms in total. The summed E-state index contributed by atoms with van der Waals surface area (Å²) in [4.78, 5) is 4.49. The summed E-state index contributed by atoms with van der Waals surface area (Å²) in [5.41, 5.74) is 3.57. The van der Waals surface area contributed by atoms with Crippen molar-refractivity contribution < 1.29 is 8.42 Å². The largest absolute Gasteiger partial charge is 0.292 e. The molecule has 1 aromatic heterocycles. The van der Waals surface area contributed by atoms with E-state index >= 15 is 0 Å². The Balaban J connectivity index is 1.60. The van der Waals surface area contributed by atoms with Gasteiger partial charge in [0.15, 0.2) is 0 Å². The lowest BCUT2D eigenvalue weighted by Crippen LogP contribution is -2.11. The minimum atomic E-state index is -3.64. The van der Waals surface area contributed by atoms with Crippen LogP contribution in [0.15, 0.2) is 52.4 Å². The van der Waals surface area contributed by atoms with Gasteiger partial charge in [0.05, 0.1) is 4.90 Å². The van der Waals surface area contributed by atoms with E-state index in [-0.39, 0.29) is 4.90 Å². The van der Waals surface area contributed by atoms with E-state index in [1.165, 1.54) is 12.1 Å². The molecule has 0 spiro atoms. The third-order valence-corrected chi connectivity index (χ3v) is 4.29. The summed E-state index contributed by atoms with van der Waals surface area (Å²) in [7, 11) is -3.64. The van der Waals surface area contributed by atoms with Gasteiger partial charge in [0.25, 0.3) is 0 Å². The first kappa shape index (κ1) is 15.3. The molecule has 1 heterocycles. The monoisotopic (exact) mass is 329 g/mol. The van der Waals surface area contributed by atoms with Crippen molar-refractivity contribution in [2.75, 3.05) is 6.54 Å². The van der Waals surface area contributed by atoms with E-state index in [0.29, 0.717) is 13.0 Å². The Morgan fingerprint density at radius 2 is 1.83 bits per heavy atom. The van der Waals surface area contributed by atoms with Crippen molar-refractivity contribution in [1.29, 1.82) is 0 Å². The summed E-state index contributed by atoms with van der Waals surface area (Å²) in [5.74, 6) is 0. The first-order valence-electron chi connectivity index (χ1n) is 6.94. The van der Waals surface area contributed by atoms with Crippen molar-refractivity contribution >= 4 is 27.3 Å². The Hall–Kier alpha value is -2.58. The maximum absolute atomic E-state index is 11.2. The molecule has 118 valence electrons. The number of aromatic amines is 1. The van der Waals surface area contributed by atoms with Gasteiger partial charge < -0.3 is 0 Å². The average Bonchev–Trinajstić information content (AvgIpc) is 2.99. The van der Waals surface area contributed by atoms with Crippen LogP contribution in [0.1, 0.15) is 11.1 Å². The minimum absolute atomic E-state index is 0.116. The smallest absolute Gasteiger partial charge is 0.238 e. The Morgan fingerprint density at radius 3 is 2.57 bits per heavy atom. The molecular formula is C15H15N5O2S. The van der Waals surface area contributed by atoms with Crippen LogP contribution in [0.25, 0.3) is 11.0 Å². The van der Waals surface area contributed by atoms with Crippen LogP contribution < -0.4 is 5.14 Å². The molecule has 0 unspecified atom stereocenters. The molecule has 0 aliphatic carbocycles. The zero-order valence-corrected chi connectivity index (χ0v) is 13.0. The zero-order chi connectivity index (χ0) is 16.3. The maximum Gasteiger partial charge on any atom is 0.238 e. The molecule has 0 radical (unpaired) electrons. The summed E-state index contributed by atoms with van der Waals surface area (Å²) in [6.07, 6.45) is 2.50. The number of rotatable bonds is 5. The average molecular weight is 329 g/mol. The lowest BCUT2D eigenvalue weighted by molar-refractivity contribution is 0.598. The number of nitrogens with two attached hydrogens (primary N) is 1. The molecule has 0 fully saturated rings. The molecule has 0 aliphatic heterocycles. The first-order chi connectivity index (χ1) is 11.0. The van der Waals surface area contributed by atoms with Crippen molar-refractivity contribution in [3.63, 3.8) is 0 Å². The number of sulfonamides is 1. The number of fused-ring (bicyclic) bond motifs is 1. The summed E-state index contributed by atoms with van der Waals surface area (Å²) in [6, 6.07) is 12.2. The number of aromatic nitrogens is 3. The molecule has 0 saturated heterocycles. The molecule has 8 heteroatoms. The highest BCUT2D eigenvalue weighted by atomic mass is 32.2. The quantitative estimate of drug-likeness (QED) is 0.686. The third-order valence-electron chi connectivity index (χ3n) is 3.36. The van der Waals surface area contributed by atoms with Gasteiger partial charge in [0.2, 0.25) is 10.0 Å². The summed E-state index contributed by atoms with van der Waals surface area (Å²) >= 11 is 0. The van der Waals surface area contributed by atoms with E-state index in [4.69, 9.17) is 5.14 Å². The van der Waals surface area contributed by atoms with Crippen LogP contribution >= 0.6 is 0 Å². The fourth-order valence-electron chi connectivity index (χ4n) is 2.15. The van der Waals surface area contributed by atoms with E-state index < -0.39 is 10.0 Å². The van der Waals surface area contributed by atoms with Crippen molar-refractivity contribution in [2.45, 2.75) is 11.3 Å². The second-order valence-electron chi connectivity index (χ2n) is 5.05. The van der Waals surface area contributed by atoms with E-state index in [9.17, 15) is 8.42 Å². The Bertz CT molecular complexity index is 945. The lowest BCUT2D eigenvalue weighted by atomic mass is 10.1. The molecular weight excluding hydrogens is 314 g/mol. The number of aliphatic imine (C=N–C) groups is 1. The highest BCUT2D eigenvalue weighted by Gasteiger charge is 2.06.